The lowest BCUT2D eigenvalue weighted by Gasteiger charge is -2.14. The van der Waals surface area contributed by atoms with Gasteiger partial charge in [-0.2, -0.15) is 0 Å². The molecule has 1 aliphatic rings. The van der Waals surface area contributed by atoms with Crippen molar-refractivity contribution in [3.63, 3.8) is 0 Å². The van der Waals surface area contributed by atoms with Gasteiger partial charge in [0.15, 0.2) is 0 Å². The molecule has 1 aliphatic carbocycles. The lowest BCUT2D eigenvalue weighted by Crippen LogP contribution is -2.27. The van der Waals surface area contributed by atoms with E-state index in [4.69, 9.17) is 4.74 Å². The van der Waals surface area contributed by atoms with Crippen molar-refractivity contribution in [1.29, 1.82) is 0 Å². The Morgan fingerprint density at radius 3 is 2.65 bits per heavy atom. The lowest BCUT2D eigenvalue weighted by molar-refractivity contribution is 0.0294. The molecule has 0 aromatic heterocycles. The number of benzene rings is 1. The molecule has 0 heterocycles. The molecule has 5 heteroatoms. The predicted octanol–water partition coefficient (Wildman–Crippen LogP) is 2.74. The molecule has 0 bridgehead atoms. The van der Waals surface area contributed by atoms with Crippen LogP contribution in [-0.2, 0) is 4.74 Å². The van der Waals surface area contributed by atoms with Crippen molar-refractivity contribution < 1.29 is 14.3 Å². The normalized spacial score (nSPS) is 15.3. The minimum absolute atomic E-state index is 0.0393. The maximum absolute atomic E-state index is 12.0. The summed E-state index contributed by atoms with van der Waals surface area (Å²) in [7, 11) is 3.32. The van der Waals surface area contributed by atoms with Crippen molar-refractivity contribution in [3.8, 4) is 0 Å². The Kier molecular flexibility index (Phi) is 4.27. The number of carbonyl (C=O) groups is 2. The van der Waals surface area contributed by atoms with E-state index in [1.165, 1.54) is 4.90 Å². The highest BCUT2D eigenvalue weighted by Crippen LogP contribution is 2.34. The number of esters is 1. The van der Waals surface area contributed by atoms with Gasteiger partial charge in [0.1, 0.15) is 6.10 Å². The van der Waals surface area contributed by atoms with E-state index in [0.29, 0.717) is 17.2 Å². The summed E-state index contributed by atoms with van der Waals surface area (Å²) >= 11 is 0. The van der Waals surface area contributed by atoms with Crippen LogP contribution in [0, 0.1) is 5.92 Å². The molecular weight excluding hydrogens is 256 g/mol. The Hall–Kier alpha value is -2.04. The first-order valence-corrected chi connectivity index (χ1v) is 6.76. The van der Waals surface area contributed by atoms with Crippen LogP contribution in [0.2, 0.25) is 0 Å². The monoisotopic (exact) mass is 276 g/mol. The van der Waals surface area contributed by atoms with Gasteiger partial charge in [-0.15, -0.1) is 0 Å². The maximum atomic E-state index is 12.0. The van der Waals surface area contributed by atoms with Gasteiger partial charge in [-0.1, -0.05) is 6.07 Å². The summed E-state index contributed by atoms with van der Waals surface area (Å²) < 4.78 is 5.41. The van der Waals surface area contributed by atoms with Gasteiger partial charge < -0.3 is 15.0 Å². The van der Waals surface area contributed by atoms with Gasteiger partial charge in [0.05, 0.1) is 5.56 Å². The van der Waals surface area contributed by atoms with E-state index >= 15 is 0 Å². The van der Waals surface area contributed by atoms with Crippen LogP contribution in [0.25, 0.3) is 0 Å². The highest BCUT2D eigenvalue weighted by Gasteiger charge is 2.30. The number of hydrogen-bond donors (Lipinski definition) is 1. The summed E-state index contributed by atoms with van der Waals surface area (Å²) in [4.78, 5) is 25.0. The first kappa shape index (κ1) is 14.4. The third-order valence-electron chi connectivity index (χ3n) is 3.33. The van der Waals surface area contributed by atoms with E-state index < -0.39 is 0 Å². The summed E-state index contributed by atoms with van der Waals surface area (Å²) in [6, 6.07) is 6.55. The molecule has 0 aliphatic heterocycles. The molecule has 5 nitrogen and oxygen atoms in total. The molecule has 0 saturated heterocycles. The van der Waals surface area contributed by atoms with Crippen molar-refractivity contribution in [2.75, 3.05) is 19.4 Å². The molecular formula is C15H20N2O3. The second-order valence-electron chi connectivity index (χ2n) is 5.35. The van der Waals surface area contributed by atoms with Crippen LogP contribution < -0.4 is 5.32 Å². The Morgan fingerprint density at radius 1 is 1.35 bits per heavy atom. The first-order valence-electron chi connectivity index (χ1n) is 6.76. The zero-order chi connectivity index (χ0) is 14.7. The average Bonchev–Trinajstić information content (AvgIpc) is 3.23. The van der Waals surface area contributed by atoms with Gasteiger partial charge in [-0.3, -0.25) is 0 Å². The Bertz CT molecular complexity index is 510. The van der Waals surface area contributed by atoms with Crippen LogP contribution in [-0.4, -0.2) is 37.1 Å². The van der Waals surface area contributed by atoms with E-state index in [1.807, 2.05) is 6.92 Å². The van der Waals surface area contributed by atoms with Crippen molar-refractivity contribution in [3.05, 3.63) is 29.8 Å². The lowest BCUT2D eigenvalue weighted by atomic mass is 10.2. The Balaban J connectivity index is 2.00. The Morgan fingerprint density at radius 2 is 2.05 bits per heavy atom. The fourth-order valence-electron chi connectivity index (χ4n) is 1.86. The number of ether oxygens (including phenoxy) is 1. The topological polar surface area (TPSA) is 58.6 Å². The minimum atomic E-state index is -0.342. The number of anilines is 1. The molecule has 1 unspecified atom stereocenters. The van der Waals surface area contributed by atoms with Crippen molar-refractivity contribution >= 4 is 17.7 Å². The fraction of sp³-hybridized carbons (Fsp3) is 0.467. The van der Waals surface area contributed by atoms with Crippen LogP contribution in [0.15, 0.2) is 24.3 Å². The molecule has 2 rings (SSSR count). The summed E-state index contributed by atoms with van der Waals surface area (Å²) in [6.07, 6.45) is 2.23. The van der Waals surface area contributed by atoms with E-state index in [9.17, 15) is 9.59 Å². The third-order valence-corrected chi connectivity index (χ3v) is 3.33. The van der Waals surface area contributed by atoms with Crippen LogP contribution in [0.3, 0.4) is 0 Å². The number of nitrogens with zero attached hydrogens (tertiary/aromatic N) is 1. The first-order chi connectivity index (χ1) is 9.47. The van der Waals surface area contributed by atoms with Crippen molar-refractivity contribution in [2.24, 2.45) is 5.92 Å². The van der Waals surface area contributed by atoms with Gasteiger partial charge in [0, 0.05) is 19.8 Å². The standard InChI is InChI=1S/C15H20N2O3/c1-10(11-7-8-11)20-14(18)12-5-4-6-13(9-12)16-15(19)17(2)3/h4-6,9-11H,7-8H2,1-3H3,(H,16,19). The summed E-state index contributed by atoms with van der Waals surface area (Å²) in [6.45, 7) is 1.92. The molecule has 1 fully saturated rings. The number of amides is 2. The van der Waals surface area contributed by atoms with Gasteiger partial charge in [-0.25, -0.2) is 9.59 Å². The van der Waals surface area contributed by atoms with Gasteiger partial charge in [-0.05, 0) is 43.9 Å². The molecule has 1 saturated carbocycles. The third kappa shape index (κ3) is 3.73. The number of rotatable bonds is 4. The molecule has 0 spiro atoms. The summed E-state index contributed by atoms with van der Waals surface area (Å²) in [5.74, 6) is 0.168. The van der Waals surface area contributed by atoms with E-state index in [-0.39, 0.29) is 18.1 Å². The van der Waals surface area contributed by atoms with Gasteiger partial charge in [0.2, 0.25) is 0 Å². The molecule has 1 atom stereocenters. The van der Waals surface area contributed by atoms with Crippen LogP contribution >= 0.6 is 0 Å². The van der Waals surface area contributed by atoms with Crippen LogP contribution in [0.1, 0.15) is 30.1 Å². The highest BCUT2D eigenvalue weighted by atomic mass is 16.5. The molecule has 1 aromatic carbocycles. The molecule has 1 N–H and O–H groups in total. The fourth-order valence-corrected chi connectivity index (χ4v) is 1.86. The second kappa shape index (κ2) is 5.94. The number of nitrogens with one attached hydrogen (secondary N) is 1. The number of urea groups is 1. The van der Waals surface area contributed by atoms with Crippen LogP contribution in [0.5, 0.6) is 0 Å². The quantitative estimate of drug-likeness (QED) is 0.860. The summed E-state index contributed by atoms with van der Waals surface area (Å²) in [5, 5.41) is 2.70. The number of carbonyl (C=O) groups excluding carboxylic acids is 2. The van der Waals surface area contributed by atoms with Crippen molar-refractivity contribution in [1.82, 2.24) is 4.90 Å². The van der Waals surface area contributed by atoms with Crippen LogP contribution in [0.4, 0.5) is 10.5 Å². The zero-order valence-corrected chi connectivity index (χ0v) is 12.1. The molecule has 2 amide bonds. The zero-order valence-electron chi connectivity index (χ0n) is 12.1. The Labute approximate surface area is 118 Å². The van der Waals surface area contributed by atoms with E-state index in [0.717, 1.165) is 12.8 Å². The van der Waals surface area contributed by atoms with E-state index in [1.54, 1.807) is 38.4 Å². The second-order valence-corrected chi connectivity index (χ2v) is 5.35. The average molecular weight is 276 g/mol. The molecule has 20 heavy (non-hydrogen) atoms. The maximum Gasteiger partial charge on any atom is 0.338 e. The largest absolute Gasteiger partial charge is 0.459 e. The molecule has 108 valence electrons. The van der Waals surface area contributed by atoms with E-state index in [2.05, 4.69) is 5.32 Å². The van der Waals surface area contributed by atoms with Crippen molar-refractivity contribution in [2.45, 2.75) is 25.9 Å². The summed E-state index contributed by atoms with van der Waals surface area (Å²) in [5.41, 5.74) is 1.03. The smallest absolute Gasteiger partial charge is 0.338 e. The highest BCUT2D eigenvalue weighted by molar-refractivity contribution is 5.93. The van der Waals surface area contributed by atoms with Gasteiger partial charge in [0.25, 0.3) is 0 Å². The SMILES string of the molecule is CC(OC(=O)c1cccc(NC(=O)N(C)C)c1)C1CC1. The molecule has 0 radical (unpaired) electrons. The molecule has 1 aromatic rings. The predicted molar refractivity (Wildman–Crippen MR) is 76.7 cm³/mol. The number of hydrogen-bond acceptors (Lipinski definition) is 3. The van der Waals surface area contributed by atoms with Gasteiger partial charge >= 0.3 is 12.0 Å². The minimum Gasteiger partial charge on any atom is -0.459 e.